The van der Waals surface area contributed by atoms with Crippen molar-refractivity contribution in [2.75, 3.05) is 11.5 Å². The number of aliphatic hydroxyl groups is 1. The number of amides is 1. The average molecular weight is 516 g/mol. The number of pyridine rings is 1. The number of carbonyl (C=O) groups is 1. The number of alkyl halides is 3. The first-order chi connectivity index (χ1) is 16.0. The Kier molecular flexibility index (Phi) is 5.60. The maximum atomic E-state index is 14.6. The van der Waals surface area contributed by atoms with Crippen LogP contribution >= 0.6 is 0 Å². The smallest absolute Gasteiger partial charge is 0.406 e. The van der Waals surface area contributed by atoms with Gasteiger partial charge in [0.25, 0.3) is 5.91 Å². The second-order valence-corrected chi connectivity index (χ2v) is 11.2. The molecule has 0 unspecified atom stereocenters. The van der Waals surface area contributed by atoms with Crippen molar-refractivity contribution in [1.82, 2.24) is 20.1 Å². The van der Waals surface area contributed by atoms with Crippen molar-refractivity contribution in [2.45, 2.75) is 38.3 Å². The quantitative estimate of drug-likeness (QED) is 0.500. The standard InChI is InChI=1S/C21H20F4N4O5S/c1-19(2,31)16-13-6-11(18(30)27-20(3)9-35(32,33)10-20)8-26-17(13)29(28-16)15-7-12(4-5-14(15)22)34-21(23,24)25/h4-8,31H,9-10H2,1-3H3,(H,27,30). The van der Waals surface area contributed by atoms with Crippen molar-refractivity contribution in [3.8, 4) is 11.4 Å². The molecule has 0 aliphatic carbocycles. The van der Waals surface area contributed by atoms with E-state index in [4.69, 9.17) is 0 Å². The summed E-state index contributed by atoms with van der Waals surface area (Å²) < 4.78 is 80.3. The summed E-state index contributed by atoms with van der Waals surface area (Å²) in [6.07, 6.45) is -3.87. The molecule has 1 aliphatic heterocycles. The first-order valence-corrected chi connectivity index (χ1v) is 12.0. The number of nitrogens with zero attached hydrogens (tertiary/aromatic N) is 3. The normalized spacial score (nSPS) is 17.1. The zero-order valence-corrected chi connectivity index (χ0v) is 19.5. The van der Waals surface area contributed by atoms with Crippen LogP contribution in [-0.2, 0) is 15.4 Å². The molecule has 4 rings (SSSR count). The number of halogens is 4. The van der Waals surface area contributed by atoms with E-state index < -0.39 is 50.5 Å². The van der Waals surface area contributed by atoms with Crippen LogP contribution in [0.15, 0.2) is 30.5 Å². The molecule has 9 nitrogen and oxygen atoms in total. The van der Waals surface area contributed by atoms with Crippen molar-refractivity contribution in [1.29, 1.82) is 0 Å². The third-order valence-corrected chi connectivity index (χ3v) is 7.39. The Bertz CT molecular complexity index is 1430. The number of aromatic nitrogens is 3. The van der Waals surface area contributed by atoms with Gasteiger partial charge in [0.2, 0.25) is 0 Å². The summed E-state index contributed by atoms with van der Waals surface area (Å²) in [6, 6.07) is 3.68. The summed E-state index contributed by atoms with van der Waals surface area (Å²) in [5.41, 5.74) is -3.03. The highest BCUT2D eigenvalue weighted by molar-refractivity contribution is 7.93. The van der Waals surface area contributed by atoms with Crippen LogP contribution in [0.2, 0.25) is 0 Å². The number of ether oxygens (including phenoxy) is 1. The van der Waals surface area contributed by atoms with E-state index in [1.807, 2.05) is 0 Å². The van der Waals surface area contributed by atoms with Gasteiger partial charge in [-0.15, -0.1) is 13.2 Å². The number of benzene rings is 1. The van der Waals surface area contributed by atoms with Crippen LogP contribution in [0.1, 0.15) is 36.8 Å². The summed E-state index contributed by atoms with van der Waals surface area (Å²) in [4.78, 5) is 16.9. The third-order valence-electron chi connectivity index (χ3n) is 5.24. The lowest BCUT2D eigenvalue weighted by molar-refractivity contribution is -0.274. The van der Waals surface area contributed by atoms with E-state index >= 15 is 0 Å². The highest BCUT2D eigenvalue weighted by Gasteiger charge is 2.46. The van der Waals surface area contributed by atoms with Gasteiger partial charge in [-0.2, -0.15) is 5.10 Å². The average Bonchev–Trinajstić information content (AvgIpc) is 3.05. The van der Waals surface area contributed by atoms with E-state index in [1.54, 1.807) is 6.92 Å². The molecule has 14 heteroatoms. The third kappa shape index (κ3) is 5.07. The van der Waals surface area contributed by atoms with E-state index in [-0.39, 0.29) is 33.8 Å². The molecule has 35 heavy (non-hydrogen) atoms. The van der Waals surface area contributed by atoms with E-state index in [1.165, 1.54) is 19.9 Å². The summed E-state index contributed by atoms with van der Waals surface area (Å²) in [6.45, 7) is 4.34. The zero-order valence-electron chi connectivity index (χ0n) is 18.6. The van der Waals surface area contributed by atoms with E-state index in [2.05, 4.69) is 20.1 Å². The topological polar surface area (TPSA) is 123 Å². The minimum atomic E-state index is -5.00. The molecule has 1 aliphatic rings. The molecular formula is C21H20F4N4O5S. The minimum absolute atomic E-state index is 0.0164. The number of nitrogens with one attached hydrogen (secondary N) is 1. The van der Waals surface area contributed by atoms with Gasteiger partial charge < -0.3 is 15.2 Å². The molecule has 1 fully saturated rings. The molecule has 3 aromatic rings. The predicted octanol–water partition coefficient (Wildman–Crippen LogP) is 2.60. The first-order valence-electron chi connectivity index (χ1n) is 10.2. The molecule has 0 radical (unpaired) electrons. The van der Waals surface area contributed by atoms with Gasteiger partial charge in [0.05, 0.1) is 22.6 Å². The lowest BCUT2D eigenvalue weighted by Gasteiger charge is -2.38. The first kappa shape index (κ1) is 24.9. The maximum absolute atomic E-state index is 14.6. The van der Waals surface area contributed by atoms with Gasteiger partial charge >= 0.3 is 6.36 Å². The van der Waals surface area contributed by atoms with Crippen LogP contribution < -0.4 is 10.1 Å². The Morgan fingerprint density at radius 1 is 1.23 bits per heavy atom. The number of hydrogen-bond donors (Lipinski definition) is 2. The number of carbonyl (C=O) groups excluding carboxylic acids is 1. The van der Waals surface area contributed by atoms with Crippen LogP contribution in [0.5, 0.6) is 5.75 Å². The van der Waals surface area contributed by atoms with Gasteiger partial charge in [0.1, 0.15) is 28.5 Å². The molecule has 1 aromatic carbocycles. The number of fused-ring (bicyclic) bond motifs is 1. The lowest BCUT2D eigenvalue weighted by Crippen LogP contribution is -2.63. The van der Waals surface area contributed by atoms with Gasteiger partial charge in [-0.05, 0) is 39.0 Å². The van der Waals surface area contributed by atoms with Crippen LogP contribution in [0.4, 0.5) is 17.6 Å². The fourth-order valence-corrected chi connectivity index (χ4v) is 5.95. The van der Waals surface area contributed by atoms with Crippen LogP contribution in [0.25, 0.3) is 16.7 Å². The largest absolute Gasteiger partial charge is 0.573 e. The minimum Gasteiger partial charge on any atom is -0.406 e. The molecule has 2 aromatic heterocycles. The molecule has 0 spiro atoms. The molecule has 1 amide bonds. The second-order valence-electron chi connectivity index (χ2n) is 9.12. The van der Waals surface area contributed by atoms with E-state index in [9.17, 15) is 35.9 Å². The Morgan fingerprint density at radius 3 is 2.46 bits per heavy atom. The van der Waals surface area contributed by atoms with Crippen molar-refractivity contribution in [3.05, 3.63) is 47.5 Å². The molecule has 0 bridgehead atoms. The molecular weight excluding hydrogens is 496 g/mol. The van der Waals surface area contributed by atoms with Crippen molar-refractivity contribution in [3.63, 3.8) is 0 Å². The summed E-state index contributed by atoms with van der Waals surface area (Å²) >= 11 is 0. The summed E-state index contributed by atoms with van der Waals surface area (Å²) in [5.74, 6) is -2.69. The molecule has 188 valence electrons. The van der Waals surface area contributed by atoms with Crippen molar-refractivity contribution in [2.24, 2.45) is 0 Å². The van der Waals surface area contributed by atoms with Gasteiger partial charge in [-0.3, -0.25) is 4.79 Å². The van der Waals surface area contributed by atoms with Crippen molar-refractivity contribution < 1.29 is 40.6 Å². The number of sulfone groups is 1. The zero-order chi connectivity index (χ0) is 26.0. The fourth-order valence-electron chi connectivity index (χ4n) is 3.94. The Balaban J connectivity index is 1.79. The molecule has 2 N–H and O–H groups in total. The SMILES string of the molecule is CC1(NC(=O)c2cnc3c(c2)c(C(C)(C)O)nn3-c2cc(OC(F)(F)F)ccc2F)CS(=O)(=O)C1. The molecule has 3 heterocycles. The highest BCUT2D eigenvalue weighted by atomic mass is 32.2. The van der Waals surface area contributed by atoms with Gasteiger partial charge in [0, 0.05) is 17.6 Å². The van der Waals surface area contributed by atoms with Crippen molar-refractivity contribution >= 4 is 26.8 Å². The fraction of sp³-hybridized carbons (Fsp3) is 0.381. The van der Waals surface area contributed by atoms with E-state index in [0.29, 0.717) is 0 Å². The van der Waals surface area contributed by atoms with E-state index in [0.717, 1.165) is 29.1 Å². The molecule has 0 saturated carbocycles. The van der Waals surface area contributed by atoms with Crippen LogP contribution in [0.3, 0.4) is 0 Å². The lowest BCUT2D eigenvalue weighted by atomic mass is 10.0. The van der Waals surface area contributed by atoms with Gasteiger partial charge in [-0.25, -0.2) is 22.5 Å². The summed E-state index contributed by atoms with van der Waals surface area (Å²) in [5, 5.41) is 17.5. The number of hydrogen-bond acceptors (Lipinski definition) is 7. The number of rotatable bonds is 5. The summed E-state index contributed by atoms with van der Waals surface area (Å²) in [7, 11) is -3.22. The Hall–Kier alpha value is -3.26. The maximum Gasteiger partial charge on any atom is 0.573 e. The van der Waals surface area contributed by atoms with Gasteiger partial charge in [0.15, 0.2) is 15.5 Å². The second kappa shape index (κ2) is 7.88. The Morgan fingerprint density at radius 2 is 1.89 bits per heavy atom. The van der Waals surface area contributed by atoms with Crippen LogP contribution in [0, 0.1) is 5.82 Å². The predicted molar refractivity (Wildman–Crippen MR) is 115 cm³/mol. The molecule has 1 saturated heterocycles. The van der Waals surface area contributed by atoms with Gasteiger partial charge in [-0.1, -0.05) is 0 Å². The Labute approximate surface area is 196 Å². The molecule has 0 atom stereocenters. The highest BCUT2D eigenvalue weighted by Crippen LogP contribution is 2.32. The van der Waals surface area contributed by atoms with Crippen LogP contribution in [-0.4, -0.2) is 57.6 Å². The monoisotopic (exact) mass is 516 g/mol.